The van der Waals surface area contributed by atoms with Crippen molar-refractivity contribution in [1.29, 1.82) is 0 Å². The molecule has 126 valence electrons. The quantitative estimate of drug-likeness (QED) is 0.571. The van der Waals surface area contributed by atoms with E-state index in [0.29, 0.717) is 11.8 Å². The normalized spacial score (nSPS) is 11.9. The van der Waals surface area contributed by atoms with E-state index in [1.165, 1.54) is 12.0 Å². The zero-order chi connectivity index (χ0) is 17.2. The van der Waals surface area contributed by atoms with Crippen molar-refractivity contribution in [2.75, 3.05) is 12.3 Å². The molecule has 0 bridgehead atoms. The summed E-state index contributed by atoms with van der Waals surface area (Å²) in [5, 5.41) is 3.07. The molecule has 0 radical (unpaired) electrons. The summed E-state index contributed by atoms with van der Waals surface area (Å²) in [6.45, 7) is 17.2. The van der Waals surface area contributed by atoms with Crippen molar-refractivity contribution in [3.05, 3.63) is 42.3 Å². The van der Waals surface area contributed by atoms with Crippen LogP contribution >= 0.6 is 0 Å². The van der Waals surface area contributed by atoms with Gasteiger partial charge in [-0.05, 0) is 63.8 Å². The second kappa shape index (κ2) is 10.1. The Morgan fingerprint density at radius 1 is 1.23 bits per heavy atom. The van der Waals surface area contributed by atoms with Crippen molar-refractivity contribution in [2.24, 2.45) is 0 Å². The van der Waals surface area contributed by atoms with E-state index in [0.717, 1.165) is 18.7 Å². The minimum Gasteiger partial charge on any atom is -0.474 e. The zero-order valence-corrected chi connectivity index (χ0v) is 15.2. The lowest BCUT2D eigenvalue weighted by molar-refractivity contribution is 0.0416. The van der Waals surface area contributed by atoms with Gasteiger partial charge < -0.3 is 15.8 Å². The largest absolute Gasteiger partial charge is 0.474 e. The van der Waals surface area contributed by atoms with E-state index >= 15 is 0 Å². The van der Waals surface area contributed by atoms with Gasteiger partial charge in [0.2, 0.25) is 0 Å². The van der Waals surface area contributed by atoms with E-state index in [9.17, 15) is 0 Å². The molecule has 1 rings (SSSR count). The molecule has 3 N–H and O–H groups in total. The molecule has 0 spiro atoms. The highest BCUT2D eigenvalue weighted by atomic mass is 16.5. The molecule has 3 heteroatoms. The highest BCUT2D eigenvalue weighted by Gasteiger charge is 2.11. The molecule has 0 saturated carbocycles. The number of rotatable bonds is 6. The Morgan fingerprint density at radius 3 is 2.18 bits per heavy atom. The molecule has 0 aromatic heterocycles. The average molecular weight is 306 g/mol. The van der Waals surface area contributed by atoms with Gasteiger partial charge in [0.05, 0.1) is 0 Å². The summed E-state index contributed by atoms with van der Waals surface area (Å²) < 4.78 is 5.43. The number of hydrogen-bond acceptors (Lipinski definition) is 3. The Kier molecular flexibility index (Phi) is 9.39. The van der Waals surface area contributed by atoms with Crippen LogP contribution in [0.3, 0.4) is 0 Å². The smallest absolute Gasteiger partial charge is 0.179 e. The molecule has 0 amide bonds. The summed E-state index contributed by atoms with van der Waals surface area (Å²) in [4.78, 5) is 0. The van der Waals surface area contributed by atoms with Crippen molar-refractivity contribution in [2.45, 2.75) is 65.9 Å². The van der Waals surface area contributed by atoms with Gasteiger partial charge in [-0.2, -0.15) is 0 Å². The standard InChI is InChI=1S/C10H15N.C9H19NO/c1-3-8(2)9-4-6-10(11)7-5-9;1-6-7-10-8(2)11-9(3,4)5/h4-8H,3,11H2,1-2H3;10H,2,6-7H2,1,3-5H3. The first kappa shape index (κ1) is 20.4. The fourth-order valence-corrected chi connectivity index (χ4v) is 1.73. The van der Waals surface area contributed by atoms with Crippen LogP contribution in [0.2, 0.25) is 0 Å². The van der Waals surface area contributed by atoms with E-state index in [4.69, 9.17) is 10.5 Å². The van der Waals surface area contributed by atoms with Gasteiger partial charge in [-0.1, -0.05) is 32.9 Å². The van der Waals surface area contributed by atoms with Crippen LogP contribution in [-0.4, -0.2) is 12.1 Å². The molecule has 22 heavy (non-hydrogen) atoms. The van der Waals surface area contributed by atoms with Crippen LogP contribution in [0.25, 0.3) is 0 Å². The predicted octanol–water partition coefficient (Wildman–Crippen LogP) is 5.05. The molecule has 0 aliphatic carbocycles. The number of benzene rings is 1. The third-order valence-corrected chi connectivity index (χ3v) is 3.12. The zero-order valence-electron chi connectivity index (χ0n) is 15.2. The van der Waals surface area contributed by atoms with Gasteiger partial charge in [0.25, 0.3) is 0 Å². The Balaban J connectivity index is 0.000000401. The number of ether oxygens (including phenoxy) is 1. The number of nitrogen functional groups attached to an aromatic ring is 1. The van der Waals surface area contributed by atoms with E-state index in [2.05, 4.69) is 44.8 Å². The van der Waals surface area contributed by atoms with Crippen molar-refractivity contribution in [3.63, 3.8) is 0 Å². The average Bonchev–Trinajstić information content (AvgIpc) is 2.44. The van der Waals surface area contributed by atoms with Gasteiger partial charge in [-0.25, -0.2) is 0 Å². The fourth-order valence-electron chi connectivity index (χ4n) is 1.73. The third kappa shape index (κ3) is 10.1. The molecule has 0 fully saturated rings. The molecular weight excluding hydrogens is 272 g/mol. The molecule has 0 heterocycles. The summed E-state index contributed by atoms with van der Waals surface area (Å²) >= 11 is 0. The van der Waals surface area contributed by atoms with Crippen LogP contribution in [0.4, 0.5) is 5.69 Å². The number of anilines is 1. The topological polar surface area (TPSA) is 47.3 Å². The van der Waals surface area contributed by atoms with Crippen molar-refractivity contribution in [1.82, 2.24) is 5.32 Å². The van der Waals surface area contributed by atoms with Crippen LogP contribution in [0.5, 0.6) is 0 Å². The molecule has 1 aromatic carbocycles. The first-order valence-corrected chi connectivity index (χ1v) is 8.16. The summed E-state index contributed by atoms with van der Waals surface area (Å²) in [5.74, 6) is 1.31. The maximum absolute atomic E-state index is 5.57. The summed E-state index contributed by atoms with van der Waals surface area (Å²) in [6.07, 6.45) is 2.27. The Labute approximate surface area is 136 Å². The summed E-state index contributed by atoms with van der Waals surface area (Å²) in [7, 11) is 0. The van der Waals surface area contributed by atoms with Crippen molar-refractivity contribution in [3.8, 4) is 0 Å². The second-order valence-corrected chi connectivity index (χ2v) is 6.54. The first-order chi connectivity index (χ1) is 10.2. The van der Waals surface area contributed by atoms with Gasteiger partial charge in [-0.3, -0.25) is 0 Å². The lowest BCUT2D eigenvalue weighted by Gasteiger charge is -2.23. The maximum atomic E-state index is 5.57. The molecule has 0 saturated heterocycles. The first-order valence-electron chi connectivity index (χ1n) is 8.16. The highest BCUT2D eigenvalue weighted by molar-refractivity contribution is 5.40. The van der Waals surface area contributed by atoms with Gasteiger partial charge in [0.1, 0.15) is 5.60 Å². The van der Waals surface area contributed by atoms with Crippen LogP contribution < -0.4 is 11.1 Å². The molecule has 3 nitrogen and oxygen atoms in total. The second-order valence-electron chi connectivity index (χ2n) is 6.54. The summed E-state index contributed by atoms with van der Waals surface area (Å²) in [5.41, 5.74) is 7.65. The molecule has 1 atom stereocenters. The predicted molar refractivity (Wildman–Crippen MR) is 97.8 cm³/mol. The fraction of sp³-hybridized carbons (Fsp3) is 0.579. The van der Waals surface area contributed by atoms with E-state index < -0.39 is 0 Å². The van der Waals surface area contributed by atoms with E-state index in [-0.39, 0.29) is 5.60 Å². The lowest BCUT2D eigenvalue weighted by atomic mass is 9.99. The maximum Gasteiger partial charge on any atom is 0.179 e. The third-order valence-electron chi connectivity index (χ3n) is 3.12. The lowest BCUT2D eigenvalue weighted by Crippen LogP contribution is -2.25. The molecular formula is C19H34N2O. The molecule has 1 unspecified atom stereocenters. The van der Waals surface area contributed by atoms with Crippen molar-refractivity contribution >= 4 is 5.69 Å². The van der Waals surface area contributed by atoms with Gasteiger partial charge >= 0.3 is 0 Å². The van der Waals surface area contributed by atoms with Gasteiger partial charge in [0.15, 0.2) is 5.88 Å². The van der Waals surface area contributed by atoms with Crippen molar-refractivity contribution < 1.29 is 4.74 Å². The minimum atomic E-state index is -0.141. The van der Waals surface area contributed by atoms with Gasteiger partial charge in [0, 0.05) is 12.2 Å². The van der Waals surface area contributed by atoms with Crippen LogP contribution in [0.1, 0.15) is 65.9 Å². The minimum absolute atomic E-state index is 0.141. The van der Waals surface area contributed by atoms with Crippen LogP contribution in [-0.2, 0) is 4.74 Å². The number of nitrogens with two attached hydrogens (primary N) is 1. The van der Waals surface area contributed by atoms with E-state index in [1.807, 2.05) is 32.9 Å². The Morgan fingerprint density at radius 2 is 1.77 bits per heavy atom. The SMILES string of the molecule is C=C(NCCC)OC(C)(C)C.CCC(C)c1ccc(N)cc1. The molecule has 0 aliphatic rings. The number of hydrogen-bond donors (Lipinski definition) is 2. The Bertz CT molecular complexity index is 418. The molecule has 1 aromatic rings. The number of nitrogens with one attached hydrogen (secondary N) is 1. The van der Waals surface area contributed by atoms with Crippen LogP contribution in [0.15, 0.2) is 36.7 Å². The monoisotopic (exact) mass is 306 g/mol. The van der Waals surface area contributed by atoms with Gasteiger partial charge in [-0.15, -0.1) is 0 Å². The summed E-state index contributed by atoms with van der Waals surface area (Å²) in [6, 6.07) is 8.12. The highest BCUT2D eigenvalue weighted by Crippen LogP contribution is 2.19. The van der Waals surface area contributed by atoms with E-state index in [1.54, 1.807) is 0 Å². The van der Waals surface area contributed by atoms with Crippen LogP contribution in [0, 0.1) is 0 Å². The Hall–Kier alpha value is -1.64. The molecule has 0 aliphatic heterocycles.